The van der Waals surface area contributed by atoms with Crippen LogP contribution in [-0.4, -0.2) is 14.8 Å². The van der Waals surface area contributed by atoms with Crippen molar-refractivity contribution in [3.05, 3.63) is 45.0 Å². The first-order valence-corrected chi connectivity index (χ1v) is 6.51. The van der Waals surface area contributed by atoms with E-state index in [9.17, 15) is 0 Å². The van der Waals surface area contributed by atoms with E-state index in [0.29, 0.717) is 6.42 Å². The van der Waals surface area contributed by atoms with Gasteiger partial charge in [-0.2, -0.15) is 5.10 Å². The number of aryl methyl sites for hydroxylation is 2. The van der Waals surface area contributed by atoms with Crippen LogP contribution < -0.4 is 5.73 Å². The summed E-state index contributed by atoms with van der Waals surface area (Å²) < 4.78 is 3.00. The molecule has 0 bridgehead atoms. The van der Waals surface area contributed by atoms with Crippen molar-refractivity contribution in [2.75, 3.05) is 0 Å². The molecule has 0 saturated heterocycles. The minimum atomic E-state index is -0.0373. The van der Waals surface area contributed by atoms with Crippen molar-refractivity contribution in [1.29, 1.82) is 0 Å². The third-order valence-corrected chi connectivity index (χ3v) is 4.30. The second kappa shape index (κ2) is 5.14. The van der Waals surface area contributed by atoms with Crippen LogP contribution in [0.5, 0.6) is 0 Å². The highest BCUT2D eigenvalue weighted by molar-refractivity contribution is 14.1. The highest BCUT2D eigenvalue weighted by atomic mass is 127. The first-order valence-electron chi connectivity index (χ1n) is 5.43. The highest BCUT2D eigenvalue weighted by Gasteiger charge is 2.14. The summed E-state index contributed by atoms with van der Waals surface area (Å²) in [6.45, 7) is 2.10. The zero-order valence-electron chi connectivity index (χ0n) is 9.89. The average Bonchev–Trinajstić information content (AvgIpc) is 2.68. The van der Waals surface area contributed by atoms with Crippen LogP contribution >= 0.6 is 22.6 Å². The summed E-state index contributed by atoms with van der Waals surface area (Å²) in [6.07, 6.45) is 2.26. The van der Waals surface area contributed by atoms with Crippen LogP contribution in [0.25, 0.3) is 0 Å². The molecule has 1 atom stereocenters. The van der Waals surface area contributed by atoms with Gasteiger partial charge in [0.15, 0.2) is 0 Å². The predicted molar refractivity (Wildman–Crippen MR) is 75.5 cm³/mol. The van der Waals surface area contributed by atoms with Crippen molar-refractivity contribution < 1.29 is 0 Å². The first kappa shape index (κ1) is 12.5. The van der Waals surface area contributed by atoms with E-state index < -0.39 is 0 Å². The van der Waals surface area contributed by atoms with E-state index in [4.69, 9.17) is 5.73 Å². The molecule has 1 aromatic heterocycles. The van der Waals surface area contributed by atoms with Crippen LogP contribution in [0, 0.1) is 10.5 Å². The second-order valence-electron chi connectivity index (χ2n) is 4.09. The third-order valence-electron chi connectivity index (χ3n) is 2.83. The van der Waals surface area contributed by atoms with Crippen LogP contribution in [0.2, 0.25) is 0 Å². The summed E-state index contributed by atoms with van der Waals surface area (Å²) in [4.78, 5) is 4.20. The fraction of sp³-hybridized carbons (Fsp3) is 0.333. The van der Waals surface area contributed by atoms with Crippen molar-refractivity contribution in [3.8, 4) is 0 Å². The van der Waals surface area contributed by atoms with Crippen LogP contribution in [0.4, 0.5) is 0 Å². The maximum atomic E-state index is 6.24. The SMILES string of the molecule is Cc1cccc(C(N)Cc2ncnn2C)c1I. The van der Waals surface area contributed by atoms with E-state index in [2.05, 4.69) is 51.7 Å². The smallest absolute Gasteiger partial charge is 0.138 e. The average molecular weight is 342 g/mol. The number of hydrogen-bond acceptors (Lipinski definition) is 3. The summed E-state index contributed by atoms with van der Waals surface area (Å²) in [7, 11) is 1.89. The van der Waals surface area contributed by atoms with Crippen molar-refractivity contribution >= 4 is 22.6 Å². The predicted octanol–water partition coefficient (Wildman–Crippen LogP) is 1.97. The minimum Gasteiger partial charge on any atom is -0.324 e. The van der Waals surface area contributed by atoms with Gasteiger partial charge in [0.05, 0.1) is 0 Å². The number of rotatable bonds is 3. The van der Waals surface area contributed by atoms with Gasteiger partial charge in [-0.15, -0.1) is 0 Å². The Kier molecular flexibility index (Phi) is 3.78. The molecule has 4 nitrogen and oxygen atoms in total. The summed E-state index contributed by atoms with van der Waals surface area (Å²) in [5, 5.41) is 4.05. The largest absolute Gasteiger partial charge is 0.324 e. The lowest BCUT2D eigenvalue weighted by Gasteiger charge is -2.14. The Morgan fingerprint density at radius 1 is 1.47 bits per heavy atom. The Balaban J connectivity index is 2.23. The number of halogens is 1. The summed E-state index contributed by atoms with van der Waals surface area (Å²) in [6, 6.07) is 6.18. The highest BCUT2D eigenvalue weighted by Crippen LogP contribution is 2.23. The van der Waals surface area contributed by atoms with Gasteiger partial charge in [-0.05, 0) is 40.6 Å². The van der Waals surface area contributed by atoms with Gasteiger partial charge in [0.25, 0.3) is 0 Å². The molecule has 1 aromatic carbocycles. The van der Waals surface area contributed by atoms with Crippen molar-refractivity contribution in [2.24, 2.45) is 12.8 Å². The van der Waals surface area contributed by atoms with Crippen LogP contribution in [0.3, 0.4) is 0 Å². The molecular weight excluding hydrogens is 327 g/mol. The van der Waals surface area contributed by atoms with Crippen molar-refractivity contribution in [2.45, 2.75) is 19.4 Å². The van der Waals surface area contributed by atoms with Gasteiger partial charge in [0, 0.05) is 23.1 Å². The molecule has 0 amide bonds. The number of benzene rings is 1. The fourth-order valence-corrected chi connectivity index (χ4v) is 2.53. The van der Waals surface area contributed by atoms with Crippen molar-refractivity contribution in [3.63, 3.8) is 0 Å². The zero-order valence-corrected chi connectivity index (χ0v) is 12.0. The molecule has 0 radical (unpaired) electrons. The molecule has 5 heteroatoms. The normalized spacial score (nSPS) is 12.7. The lowest BCUT2D eigenvalue weighted by Crippen LogP contribution is -2.17. The summed E-state index contributed by atoms with van der Waals surface area (Å²) in [5.41, 5.74) is 8.67. The van der Waals surface area contributed by atoms with E-state index in [1.165, 1.54) is 14.7 Å². The Morgan fingerprint density at radius 3 is 2.88 bits per heavy atom. The Morgan fingerprint density at radius 2 is 2.24 bits per heavy atom. The molecule has 0 fully saturated rings. The van der Waals surface area contributed by atoms with E-state index in [0.717, 1.165) is 5.82 Å². The van der Waals surface area contributed by atoms with E-state index in [-0.39, 0.29) is 6.04 Å². The van der Waals surface area contributed by atoms with E-state index >= 15 is 0 Å². The Labute approximate surface area is 114 Å². The quantitative estimate of drug-likeness (QED) is 0.868. The number of hydrogen-bond donors (Lipinski definition) is 1. The monoisotopic (exact) mass is 342 g/mol. The number of aromatic nitrogens is 3. The molecule has 0 saturated carbocycles. The molecule has 1 unspecified atom stereocenters. The van der Waals surface area contributed by atoms with Gasteiger partial charge in [0.2, 0.25) is 0 Å². The Bertz CT molecular complexity index is 521. The molecule has 0 aliphatic heterocycles. The molecule has 0 aliphatic carbocycles. The minimum absolute atomic E-state index is 0.0373. The summed E-state index contributed by atoms with van der Waals surface area (Å²) >= 11 is 2.35. The maximum Gasteiger partial charge on any atom is 0.138 e. The van der Waals surface area contributed by atoms with Crippen molar-refractivity contribution in [1.82, 2.24) is 14.8 Å². The molecule has 1 heterocycles. The van der Waals surface area contributed by atoms with Crippen LogP contribution in [-0.2, 0) is 13.5 Å². The first-order chi connectivity index (χ1) is 8.09. The van der Waals surface area contributed by atoms with Crippen LogP contribution in [0.15, 0.2) is 24.5 Å². The Hall–Kier alpha value is -0.950. The number of nitrogens with two attached hydrogens (primary N) is 1. The van der Waals surface area contributed by atoms with Gasteiger partial charge in [-0.1, -0.05) is 18.2 Å². The molecular formula is C12H15IN4. The van der Waals surface area contributed by atoms with E-state index in [1.807, 2.05) is 13.1 Å². The fourth-order valence-electron chi connectivity index (χ4n) is 1.77. The van der Waals surface area contributed by atoms with Crippen LogP contribution in [0.1, 0.15) is 23.0 Å². The lowest BCUT2D eigenvalue weighted by atomic mass is 10.0. The lowest BCUT2D eigenvalue weighted by molar-refractivity contribution is 0.627. The zero-order chi connectivity index (χ0) is 12.4. The third kappa shape index (κ3) is 2.66. The molecule has 17 heavy (non-hydrogen) atoms. The second-order valence-corrected chi connectivity index (χ2v) is 5.17. The van der Waals surface area contributed by atoms with Gasteiger partial charge in [0.1, 0.15) is 12.2 Å². The summed E-state index contributed by atoms with van der Waals surface area (Å²) in [5.74, 6) is 0.912. The number of nitrogens with zero attached hydrogens (tertiary/aromatic N) is 3. The molecule has 0 spiro atoms. The van der Waals surface area contributed by atoms with Gasteiger partial charge in [-0.3, -0.25) is 4.68 Å². The maximum absolute atomic E-state index is 6.24. The topological polar surface area (TPSA) is 56.7 Å². The van der Waals surface area contributed by atoms with E-state index in [1.54, 1.807) is 11.0 Å². The van der Waals surface area contributed by atoms with Gasteiger partial charge < -0.3 is 5.73 Å². The molecule has 90 valence electrons. The molecule has 0 aliphatic rings. The van der Waals surface area contributed by atoms with Gasteiger partial charge >= 0.3 is 0 Å². The molecule has 2 N–H and O–H groups in total. The molecule has 2 rings (SSSR count). The van der Waals surface area contributed by atoms with Gasteiger partial charge in [-0.25, -0.2) is 4.98 Å². The molecule has 2 aromatic rings. The standard InChI is InChI=1S/C12H15IN4/c1-8-4-3-5-9(12(8)13)10(14)6-11-15-7-16-17(11)2/h3-5,7,10H,6,14H2,1-2H3.